The van der Waals surface area contributed by atoms with Crippen molar-refractivity contribution >= 4 is 17.0 Å². The number of aryl methyl sites for hydroxylation is 1. The van der Waals surface area contributed by atoms with Crippen molar-refractivity contribution in [3.8, 4) is 5.75 Å². The van der Waals surface area contributed by atoms with Crippen LogP contribution in [0, 0.1) is 6.92 Å². The monoisotopic (exact) mass is 220 g/mol. The van der Waals surface area contributed by atoms with E-state index in [1.807, 2.05) is 25.3 Å². The minimum absolute atomic E-state index is 0.278. The van der Waals surface area contributed by atoms with E-state index in [4.69, 9.17) is 0 Å². The largest absolute Gasteiger partial charge is 0.508 e. The van der Waals surface area contributed by atoms with E-state index in [9.17, 15) is 5.11 Å². The van der Waals surface area contributed by atoms with Crippen LogP contribution in [0.5, 0.6) is 5.75 Å². The molecule has 0 aliphatic heterocycles. The molecule has 1 aromatic heterocycles. The molecule has 0 unspecified atom stereocenters. The number of phenolic OH excluding ortho intramolecular Hbond substituents is 1. The van der Waals surface area contributed by atoms with Crippen LogP contribution in [0.25, 0.3) is 0 Å². The molecular formula is C11H12N2OS. The Balaban J connectivity index is 1.99. The molecule has 0 fully saturated rings. The van der Waals surface area contributed by atoms with Crippen LogP contribution in [0.2, 0.25) is 0 Å². The summed E-state index contributed by atoms with van der Waals surface area (Å²) in [7, 11) is 0. The Labute approximate surface area is 92.4 Å². The van der Waals surface area contributed by atoms with Gasteiger partial charge >= 0.3 is 0 Å². The molecule has 2 aromatic rings. The fraction of sp³-hybridized carbons (Fsp3) is 0.182. The van der Waals surface area contributed by atoms with Crippen molar-refractivity contribution in [2.45, 2.75) is 13.5 Å². The van der Waals surface area contributed by atoms with E-state index in [-0.39, 0.29) is 5.75 Å². The average Bonchev–Trinajstić information content (AvgIpc) is 2.62. The highest BCUT2D eigenvalue weighted by molar-refractivity contribution is 7.11. The number of phenols is 1. The SMILES string of the molecule is Cc1ncc(CNc2cccc(O)c2)s1. The summed E-state index contributed by atoms with van der Waals surface area (Å²) in [4.78, 5) is 5.37. The topological polar surface area (TPSA) is 45.2 Å². The van der Waals surface area contributed by atoms with Crippen LogP contribution in [0.15, 0.2) is 30.5 Å². The molecule has 4 heteroatoms. The smallest absolute Gasteiger partial charge is 0.117 e. The number of aromatic nitrogens is 1. The van der Waals surface area contributed by atoms with Crippen LogP contribution in [-0.2, 0) is 6.54 Å². The Morgan fingerprint density at radius 1 is 1.47 bits per heavy atom. The number of rotatable bonds is 3. The summed E-state index contributed by atoms with van der Waals surface area (Å²) < 4.78 is 0. The quantitative estimate of drug-likeness (QED) is 0.836. The number of hydrogen-bond donors (Lipinski definition) is 2. The Hall–Kier alpha value is -1.55. The summed E-state index contributed by atoms with van der Waals surface area (Å²) in [5, 5.41) is 13.6. The zero-order chi connectivity index (χ0) is 10.7. The number of hydrogen-bond acceptors (Lipinski definition) is 4. The Morgan fingerprint density at radius 2 is 2.33 bits per heavy atom. The molecule has 0 atom stereocenters. The van der Waals surface area contributed by atoms with Gasteiger partial charge in [0.1, 0.15) is 5.75 Å². The molecule has 2 rings (SSSR count). The third kappa shape index (κ3) is 2.70. The summed E-state index contributed by atoms with van der Waals surface area (Å²) in [6, 6.07) is 7.10. The van der Waals surface area contributed by atoms with Crippen molar-refractivity contribution in [1.82, 2.24) is 4.98 Å². The van der Waals surface area contributed by atoms with E-state index >= 15 is 0 Å². The number of thiazole rings is 1. The summed E-state index contributed by atoms with van der Waals surface area (Å²) in [6.45, 7) is 2.73. The van der Waals surface area contributed by atoms with E-state index in [2.05, 4.69) is 10.3 Å². The van der Waals surface area contributed by atoms with Gasteiger partial charge < -0.3 is 10.4 Å². The Morgan fingerprint density at radius 3 is 3.00 bits per heavy atom. The van der Waals surface area contributed by atoms with Gasteiger partial charge in [-0.25, -0.2) is 4.98 Å². The molecule has 1 heterocycles. The molecule has 0 aliphatic rings. The van der Waals surface area contributed by atoms with E-state index in [1.54, 1.807) is 23.5 Å². The first-order valence-corrected chi connectivity index (χ1v) is 5.50. The molecule has 0 aliphatic carbocycles. The molecule has 1 aromatic carbocycles. The molecular weight excluding hydrogens is 208 g/mol. The Kier molecular flexibility index (Phi) is 2.87. The first-order chi connectivity index (χ1) is 7.24. The van der Waals surface area contributed by atoms with Gasteiger partial charge in [-0.2, -0.15) is 0 Å². The number of benzene rings is 1. The highest BCUT2D eigenvalue weighted by Gasteiger charge is 1.98. The lowest BCUT2D eigenvalue weighted by atomic mass is 10.3. The second kappa shape index (κ2) is 4.31. The van der Waals surface area contributed by atoms with E-state index < -0.39 is 0 Å². The molecule has 3 nitrogen and oxygen atoms in total. The Bertz CT molecular complexity index is 453. The average molecular weight is 220 g/mol. The molecule has 0 amide bonds. The van der Waals surface area contributed by atoms with Crippen molar-refractivity contribution in [2.75, 3.05) is 5.32 Å². The first kappa shape index (κ1) is 9.98. The minimum Gasteiger partial charge on any atom is -0.508 e. The lowest BCUT2D eigenvalue weighted by Gasteiger charge is -2.04. The van der Waals surface area contributed by atoms with Gasteiger partial charge in [-0.3, -0.25) is 0 Å². The van der Waals surface area contributed by atoms with Crippen molar-refractivity contribution in [2.24, 2.45) is 0 Å². The zero-order valence-corrected chi connectivity index (χ0v) is 9.21. The van der Waals surface area contributed by atoms with Gasteiger partial charge in [-0.05, 0) is 19.1 Å². The van der Waals surface area contributed by atoms with E-state index in [0.717, 1.165) is 17.2 Å². The van der Waals surface area contributed by atoms with Gasteiger partial charge in [0.2, 0.25) is 0 Å². The van der Waals surface area contributed by atoms with Crippen molar-refractivity contribution in [3.63, 3.8) is 0 Å². The standard InChI is InChI=1S/C11H12N2OS/c1-8-12-6-11(15-8)7-13-9-3-2-4-10(14)5-9/h2-6,13-14H,7H2,1H3. The van der Waals surface area contributed by atoms with Crippen LogP contribution in [0.4, 0.5) is 5.69 Å². The molecule has 0 saturated heterocycles. The maximum Gasteiger partial charge on any atom is 0.117 e. The molecule has 78 valence electrons. The molecule has 0 bridgehead atoms. The molecule has 0 saturated carbocycles. The van der Waals surface area contributed by atoms with Crippen molar-refractivity contribution in [3.05, 3.63) is 40.3 Å². The second-order valence-corrected chi connectivity index (χ2v) is 4.57. The maximum atomic E-state index is 9.26. The normalized spacial score (nSPS) is 10.2. The maximum absolute atomic E-state index is 9.26. The van der Waals surface area contributed by atoms with Crippen LogP contribution < -0.4 is 5.32 Å². The van der Waals surface area contributed by atoms with Crippen LogP contribution in [0.1, 0.15) is 9.88 Å². The minimum atomic E-state index is 0.278. The lowest BCUT2D eigenvalue weighted by Crippen LogP contribution is -1.96. The molecule has 15 heavy (non-hydrogen) atoms. The first-order valence-electron chi connectivity index (χ1n) is 4.68. The number of nitrogens with one attached hydrogen (secondary N) is 1. The highest BCUT2D eigenvalue weighted by Crippen LogP contribution is 2.18. The third-order valence-electron chi connectivity index (χ3n) is 1.98. The van der Waals surface area contributed by atoms with Gasteiger partial charge in [0, 0.05) is 22.8 Å². The zero-order valence-electron chi connectivity index (χ0n) is 8.40. The van der Waals surface area contributed by atoms with Crippen LogP contribution >= 0.6 is 11.3 Å². The van der Waals surface area contributed by atoms with Gasteiger partial charge in [-0.15, -0.1) is 11.3 Å². The fourth-order valence-electron chi connectivity index (χ4n) is 1.29. The van der Waals surface area contributed by atoms with Crippen molar-refractivity contribution < 1.29 is 5.11 Å². The predicted octanol–water partition coefficient (Wildman–Crippen LogP) is 2.77. The van der Waals surface area contributed by atoms with Gasteiger partial charge in [0.05, 0.1) is 11.6 Å². The summed E-state index contributed by atoms with van der Waals surface area (Å²) in [6.07, 6.45) is 1.87. The van der Waals surface area contributed by atoms with Gasteiger partial charge in [-0.1, -0.05) is 6.07 Å². The van der Waals surface area contributed by atoms with Gasteiger partial charge in [0.25, 0.3) is 0 Å². The third-order valence-corrected chi connectivity index (χ3v) is 2.89. The number of anilines is 1. The van der Waals surface area contributed by atoms with Crippen LogP contribution in [-0.4, -0.2) is 10.1 Å². The van der Waals surface area contributed by atoms with Gasteiger partial charge in [0.15, 0.2) is 0 Å². The number of nitrogens with zero attached hydrogens (tertiary/aromatic N) is 1. The van der Waals surface area contributed by atoms with Crippen LogP contribution in [0.3, 0.4) is 0 Å². The highest BCUT2D eigenvalue weighted by atomic mass is 32.1. The summed E-state index contributed by atoms with van der Waals surface area (Å²) in [5.41, 5.74) is 0.918. The lowest BCUT2D eigenvalue weighted by molar-refractivity contribution is 0.475. The summed E-state index contributed by atoms with van der Waals surface area (Å²) >= 11 is 1.68. The van der Waals surface area contributed by atoms with E-state index in [0.29, 0.717) is 0 Å². The molecule has 0 spiro atoms. The second-order valence-electron chi connectivity index (χ2n) is 3.25. The molecule has 2 N–H and O–H groups in total. The van der Waals surface area contributed by atoms with Crippen molar-refractivity contribution in [1.29, 1.82) is 0 Å². The number of aromatic hydroxyl groups is 1. The van der Waals surface area contributed by atoms with E-state index in [1.165, 1.54) is 4.88 Å². The fourth-order valence-corrected chi connectivity index (χ4v) is 2.03. The summed E-state index contributed by atoms with van der Waals surface area (Å²) in [5.74, 6) is 0.278. The molecule has 0 radical (unpaired) electrons. The predicted molar refractivity (Wildman–Crippen MR) is 62.3 cm³/mol.